The smallest absolute Gasteiger partial charge is 0.239 e. The van der Waals surface area contributed by atoms with E-state index in [2.05, 4.69) is 10.3 Å². The third-order valence-corrected chi connectivity index (χ3v) is 3.65. The van der Waals surface area contributed by atoms with Crippen LogP contribution >= 0.6 is 0 Å². The molecular weight excluding hydrogens is 254 g/mol. The summed E-state index contributed by atoms with van der Waals surface area (Å²) < 4.78 is 11.2. The van der Waals surface area contributed by atoms with Crippen LogP contribution in [0.1, 0.15) is 25.7 Å². The lowest BCUT2D eigenvalue weighted by Crippen LogP contribution is -2.12. The van der Waals surface area contributed by atoms with Crippen molar-refractivity contribution in [3.05, 3.63) is 12.1 Å². The maximum atomic E-state index is 5.87. The van der Waals surface area contributed by atoms with Crippen molar-refractivity contribution >= 4 is 11.5 Å². The Balaban J connectivity index is 1.41. The van der Waals surface area contributed by atoms with Gasteiger partial charge in [0.25, 0.3) is 0 Å². The number of pyridine rings is 1. The minimum Gasteiger partial charge on any atom is -0.476 e. The van der Waals surface area contributed by atoms with E-state index in [1.807, 2.05) is 12.1 Å². The van der Waals surface area contributed by atoms with E-state index in [4.69, 9.17) is 15.2 Å². The Kier molecular flexibility index (Phi) is 4.25. The molecule has 2 aliphatic rings. The Morgan fingerprint density at radius 2 is 1.90 bits per heavy atom. The van der Waals surface area contributed by atoms with Crippen LogP contribution in [0.3, 0.4) is 0 Å². The minimum atomic E-state index is 0.542. The van der Waals surface area contributed by atoms with Gasteiger partial charge in [-0.15, -0.1) is 0 Å². The van der Waals surface area contributed by atoms with E-state index >= 15 is 0 Å². The van der Waals surface area contributed by atoms with Crippen LogP contribution in [0.25, 0.3) is 0 Å². The molecule has 0 spiro atoms. The fourth-order valence-electron chi connectivity index (χ4n) is 1.93. The van der Waals surface area contributed by atoms with Crippen LogP contribution in [0.5, 0.6) is 5.88 Å². The van der Waals surface area contributed by atoms with Gasteiger partial charge in [0, 0.05) is 13.2 Å². The first-order chi connectivity index (χ1) is 9.81. The first kappa shape index (κ1) is 13.5. The molecule has 0 unspecified atom stereocenters. The molecule has 1 aromatic heterocycles. The second-order valence-electron chi connectivity index (χ2n) is 5.79. The molecule has 0 amide bonds. The molecule has 5 nitrogen and oxygen atoms in total. The third-order valence-electron chi connectivity index (χ3n) is 3.65. The SMILES string of the molecule is Nc1ccc(NCCOCC2CC2)nc1OCC1CC1. The van der Waals surface area contributed by atoms with Crippen molar-refractivity contribution < 1.29 is 9.47 Å². The minimum absolute atomic E-state index is 0.542. The van der Waals surface area contributed by atoms with Crippen molar-refractivity contribution in [1.29, 1.82) is 0 Å². The fourth-order valence-corrected chi connectivity index (χ4v) is 1.93. The lowest BCUT2D eigenvalue weighted by Gasteiger charge is -2.10. The number of hydrogen-bond acceptors (Lipinski definition) is 5. The molecule has 5 heteroatoms. The molecule has 0 aliphatic heterocycles. The van der Waals surface area contributed by atoms with Gasteiger partial charge in [0.1, 0.15) is 5.82 Å². The van der Waals surface area contributed by atoms with Crippen molar-refractivity contribution in [2.75, 3.05) is 37.4 Å². The summed E-state index contributed by atoms with van der Waals surface area (Å²) in [5, 5.41) is 3.24. The average molecular weight is 277 g/mol. The molecule has 0 aromatic carbocycles. The second kappa shape index (κ2) is 6.31. The molecule has 0 atom stereocenters. The molecular formula is C15H23N3O2. The first-order valence-corrected chi connectivity index (χ1v) is 7.52. The van der Waals surface area contributed by atoms with Crippen molar-refractivity contribution in [2.45, 2.75) is 25.7 Å². The van der Waals surface area contributed by atoms with Crippen molar-refractivity contribution in [1.82, 2.24) is 4.98 Å². The highest BCUT2D eigenvalue weighted by molar-refractivity contribution is 5.53. The summed E-state index contributed by atoms with van der Waals surface area (Å²) in [4.78, 5) is 4.40. The molecule has 3 N–H and O–H groups in total. The van der Waals surface area contributed by atoms with E-state index in [0.29, 0.717) is 24.1 Å². The van der Waals surface area contributed by atoms with Crippen molar-refractivity contribution in [3.8, 4) is 5.88 Å². The summed E-state index contributed by atoms with van der Waals surface area (Å²) >= 11 is 0. The fraction of sp³-hybridized carbons (Fsp3) is 0.667. The molecule has 1 heterocycles. The second-order valence-corrected chi connectivity index (χ2v) is 5.79. The summed E-state index contributed by atoms with van der Waals surface area (Å²) in [5.41, 5.74) is 6.47. The summed E-state index contributed by atoms with van der Waals surface area (Å²) in [6.07, 6.45) is 5.18. The Morgan fingerprint density at radius 3 is 2.65 bits per heavy atom. The predicted octanol–water partition coefficient (Wildman–Crippen LogP) is 2.29. The van der Waals surface area contributed by atoms with Crippen LogP contribution < -0.4 is 15.8 Å². The van der Waals surface area contributed by atoms with Gasteiger partial charge in [0.2, 0.25) is 5.88 Å². The first-order valence-electron chi connectivity index (χ1n) is 7.52. The predicted molar refractivity (Wildman–Crippen MR) is 78.9 cm³/mol. The summed E-state index contributed by atoms with van der Waals surface area (Å²) in [7, 11) is 0. The van der Waals surface area contributed by atoms with E-state index in [1.165, 1.54) is 25.7 Å². The molecule has 0 radical (unpaired) electrons. The van der Waals surface area contributed by atoms with Crippen LogP contribution in [0.15, 0.2) is 12.1 Å². The third kappa shape index (κ3) is 4.27. The highest BCUT2D eigenvalue weighted by Gasteiger charge is 2.22. The van der Waals surface area contributed by atoms with E-state index in [0.717, 1.165) is 31.5 Å². The number of aromatic nitrogens is 1. The Morgan fingerprint density at radius 1 is 1.15 bits per heavy atom. The van der Waals surface area contributed by atoms with E-state index in [-0.39, 0.29) is 0 Å². The normalized spacial score (nSPS) is 18.0. The summed E-state index contributed by atoms with van der Waals surface area (Å²) in [6, 6.07) is 3.71. The molecule has 1 aromatic rings. The van der Waals surface area contributed by atoms with Gasteiger partial charge in [0.15, 0.2) is 0 Å². The monoisotopic (exact) mass is 277 g/mol. The van der Waals surface area contributed by atoms with Crippen molar-refractivity contribution in [2.24, 2.45) is 11.8 Å². The lowest BCUT2D eigenvalue weighted by molar-refractivity contribution is 0.134. The Bertz CT molecular complexity index is 445. The van der Waals surface area contributed by atoms with Crippen LogP contribution in [0, 0.1) is 11.8 Å². The molecule has 0 bridgehead atoms. The van der Waals surface area contributed by atoms with Gasteiger partial charge in [-0.1, -0.05) is 0 Å². The maximum Gasteiger partial charge on any atom is 0.239 e. The number of rotatable bonds is 9. The number of nitrogen functional groups attached to an aromatic ring is 1. The van der Waals surface area contributed by atoms with Crippen LogP contribution in [0.2, 0.25) is 0 Å². The topological polar surface area (TPSA) is 69.4 Å². The number of nitrogens with zero attached hydrogens (tertiary/aromatic N) is 1. The Hall–Kier alpha value is -1.49. The molecule has 3 rings (SSSR count). The highest BCUT2D eigenvalue weighted by Crippen LogP contribution is 2.31. The van der Waals surface area contributed by atoms with E-state index < -0.39 is 0 Å². The van der Waals surface area contributed by atoms with Gasteiger partial charge in [-0.25, -0.2) is 0 Å². The molecule has 0 saturated heterocycles. The quantitative estimate of drug-likeness (QED) is 0.678. The molecule has 2 saturated carbocycles. The van der Waals surface area contributed by atoms with Gasteiger partial charge < -0.3 is 20.5 Å². The zero-order chi connectivity index (χ0) is 13.8. The molecule has 2 fully saturated rings. The van der Waals surface area contributed by atoms with Gasteiger partial charge in [-0.2, -0.15) is 4.98 Å². The lowest BCUT2D eigenvalue weighted by atomic mass is 10.4. The molecule has 20 heavy (non-hydrogen) atoms. The largest absolute Gasteiger partial charge is 0.476 e. The zero-order valence-electron chi connectivity index (χ0n) is 11.8. The summed E-state index contributed by atoms with van der Waals surface area (Å²) in [6.45, 7) is 3.09. The van der Waals surface area contributed by atoms with Gasteiger partial charge >= 0.3 is 0 Å². The van der Waals surface area contributed by atoms with Crippen LogP contribution in [-0.4, -0.2) is 31.3 Å². The highest BCUT2D eigenvalue weighted by atomic mass is 16.5. The molecule has 110 valence electrons. The van der Waals surface area contributed by atoms with E-state index in [9.17, 15) is 0 Å². The average Bonchev–Trinajstić information content (AvgIpc) is 3.33. The Labute approximate surface area is 119 Å². The zero-order valence-corrected chi connectivity index (χ0v) is 11.8. The number of nitrogens with one attached hydrogen (secondary N) is 1. The standard InChI is InChI=1S/C15H23N3O2/c16-13-5-6-14(17-7-8-19-9-11-1-2-11)18-15(13)20-10-12-3-4-12/h5-6,11-12H,1-4,7-10,16H2,(H,17,18). The van der Waals surface area contributed by atoms with Gasteiger partial charge in [0.05, 0.1) is 18.9 Å². The summed E-state index contributed by atoms with van der Waals surface area (Å²) in [5.74, 6) is 2.84. The molecule has 2 aliphatic carbocycles. The number of ether oxygens (including phenoxy) is 2. The maximum absolute atomic E-state index is 5.87. The van der Waals surface area contributed by atoms with Gasteiger partial charge in [-0.3, -0.25) is 0 Å². The van der Waals surface area contributed by atoms with Crippen LogP contribution in [0.4, 0.5) is 11.5 Å². The van der Waals surface area contributed by atoms with E-state index in [1.54, 1.807) is 0 Å². The number of hydrogen-bond donors (Lipinski definition) is 2. The number of anilines is 2. The van der Waals surface area contributed by atoms with Crippen molar-refractivity contribution in [3.63, 3.8) is 0 Å². The number of nitrogens with two attached hydrogens (primary N) is 1. The van der Waals surface area contributed by atoms with Gasteiger partial charge in [-0.05, 0) is 49.7 Å². The van der Waals surface area contributed by atoms with Crippen LogP contribution in [-0.2, 0) is 4.74 Å².